The number of thiazole rings is 1. The molecule has 1 unspecified atom stereocenters. The summed E-state index contributed by atoms with van der Waals surface area (Å²) in [6.07, 6.45) is 7.62. The van der Waals surface area contributed by atoms with Crippen LogP contribution < -0.4 is 5.32 Å². The number of nitrogens with one attached hydrogen (secondary N) is 1. The summed E-state index contributed by atoms with van der Waals surface area (Å²) in [6, 6.07) is 4.02. The van der Waals surface area contributed by atoms with E-state index in [0.717, 1.165) is 43.0 Å². The Morgan fingerprint density at radius 3 is 2.96 bits per heavy atom. The summed E-state index contributed by atoms with van der Waals surface area (Å²) in [7, 11) is 0. The Morgan fingerprint density at radius 1 is 1.39 bits per heavy atom. The molecule has 0 spiro atoms. The highest BCUT2D eigenvalue weighted by Crippen LogP contribution is 2.20. The number of carbonyl (C=O) groups is 1. The average molecular weight is 331 g/mol. The number of aromatic nitrogens is 2. The zero-order chi connectivity index (χ0) is 16.1. The second-order valence-electron chi connectivity index (χ2n) is 5.72. The van der Waals surface area contributed by atoms with Gasteiger partial charge in [0.1, 0.15) is 4.88 Å². The lowest BCUT2D eigenvalue weighted by atomic mass is 10.1. The van der Waals surface area contributed by atoms with Crippen LogP contribution in [0.5, 0.6) is 0 Å². The molecule has 1 aliphatic rings. The molecule has 6 heteroatoms. The lowest BCUT2D eigenvalue weighted by Crippen LogP contribution is -2.31. The van der Waals surface area contributed by atoms with Crippen LogP contribution in [0, 0.1) is 6.92 Å². The molecule has 1 saturated heterocycles. The molecule has 3 heterocycles. The molecule has 2 aromatic heterocycles. The topological polar surface area (TPSA) is 64.1 Å². The van der Waals surface area contributed by atoms with E-state index in [-0.39, 0.29) is 12.0 Å². The number of rotatable bonds is 6. The monoisotopic (exact) mass is 331 g/mol. The molecule has 1 atom stereocenters. The van der Waals surface area contributed by atoms with E-state index in [0.29, 0.717) is 11.4 Å². The fourth-order valence-corrected chi connectivity index (χ4v) is 3.64. The predicted molar refractivity (Wildman–Crippen MR) is 89.8 cm³/mol. The van der Waals surface area contributed by atoms with Gasteiger partial charge in [-0.2, -0.15) is 0 Å². The summed E-state index contributed by atoms with van der Waals surface area (Å²) in [6.45, 7) is 3.29. The Kier molecular flexibility index (Phi) is 5.35. The standard InChI is InChI=1S/C17H21N3O2S/c1-12-16(17(21)19-11-14-3-2-10-22-14)23-15(20-12)5-4-13-6-8-18-9-7-13/h6-9,14H,2-5,10-11H2,1H3,(H,19,21). The molecule has 1 aliphatic heterocycles. The largest absolute Gasteiger partial charge is 0.376 e. The molecule has 0 aliphatic carbocycles. The molecule has 122 valence electrons. The summed E-state index contributed by atoms with van der Waals surface area (Å²) >= 11 is 1.49. The van der Waals surface area contributed by atoms with Crippen molar-refractivity contribution < 1.29 is 9.53 Å². The SMILES string of the molecule is Cc1nc(CCc2ccncc2)sc1C(=O)NCC1CCCO1. The molecule has 3 rings (SSSR count). The molecule has 1 N–H and O–H groups in total. The summed E-state index contributed by atoms with van der Waals surface area (Å²) < 4.78 is 5.53. The number of amides is 1. The van der Waals surface area contributed by atoms with Crippen molar-refractivity contribution in [1.82, 2.24) is 15.3 Å². The minimum absolute atomic E-state index is 0.0364. The second-order valence-corrected chi connectivity index (χ2v) is 6.81. The van der Waals surface area contributed by atoms with Gasteiger partial charge in [0.25, 0.3) is 5.91 Å². The summed E-state index contributed by atoms with van der Waals surface area (Å²) in [4.78, 5) is 21.6. The first-order valence-electron chi connectivity index (χ1n) is 7.97. The van der Waals surface area contributed by atoms with Crippen molar-refractivity contribution in [3.63, 3.8) is 0 Å². The van der Waals surface area contributed by atoms with Gasteiger partial charge < -0.3 is 10.1 Å². The Hall–Kier alpha value is -1.79. The zero-order valence-corrected chi connectivity index (χ0v) is 14.1. The number of aryl methyl sites for hydroxylation is 3. The van der Waals surface area contributed by atoms with E-state index in [2.05, 4.69) is 15.3 Å². The van der Waals surface area contributed by atoms with Gasteiger partial charge in [-0.25, -0.2) is 4.98 Å². The molecule has 1 amide bonds. The lowest BCUT2D eigenvalue weighted by Gasteiger charge is -2.09. The third kappa shape index (κ3) is 4.36. The molecule has 0 saturated carbocycles. The second kappa shape index (κ2) is 7.66. The number of carbonyl (C=O) groups excluding carboxylic acids is 1. The Morgan fingerprint density at radius 2 is 2.22 bits per heavy atom. The number of nitrogens with zero attached hydrogens (tertiary/aromatic N) is 2. The first kappa shape index (κ1) is 16.1. The van der Waals surface area contributed by atoms with Gasteiger partial charge in [0, 0.05) is 32.0 Å². The highest BCUT2D eigenvalue weighted by atomic mass is 32.1. The van der Waals surface area contributed by atoms with E-state index in [9.17, 15) is 4.79 Å². The minimum Gasteiger partial charge on any atom is -0.376 e. The van der Waals surface area contributed by atoms with Gasteiger partial charge >= 0.3 is 0 Å². The van der Waals surface area contributed by atoms with Crippen molar-refractivity contribution >= 4 is 17.2 Å². The molecular weight excluding hydrogens is 310 g/mol. The van der Waals surface area contributed by atoms with Crippen molar-refractivity contribution in [3.8, 4) is 0 Å². The van der Waals surface area contributed by atoms with Crippen LogP contribution in [-0.2, 0) is 17.6 Å². The van der Waals surface area contributed by atoms with Gasteiger partial charge in [-0.05, 0) is 43.9 Å². The van der Waals surface area contributed by atoms with Crippen LogP contribution in [0.1, 0.15) is 38.8 Å². The van der Waals surface area contributed by atoms with Gasteiger partial charge in [-0.3, -0.25) is 9.78 Å². The van der Waals surface area contributed by atoms with Crippen LogP contribution in [-0.4, -0.2) is 35.1 Å². The molecule has 0 aromatic carbocycles. The van der Waals surface area contributed by atoms with Crippen molar-refractivity contribution in [1.29, 1.82) is 0 Å². The summed E-state index contributed by atoms with van der Waals surface area (Å²) in [5, 5.41) is 3.97. The van der Waals surface area contributed by atoms with Crippen molar-refractivity contribution in [2.45, 2.75) is 38.7 Å². The molecule has 2 aromatic rings. The Labute approximate surface area is 140 Å². The van der Waals surface area contributed by atoms with Gasteiger partial charge in [0.05, 0.1) is 16.8 Å². The molecule has 0 radical (unpaired) electrons. The Balaban J connectivity index is 1.55. The fraction of sp³-hybridized carbons (Fsp3) is 0.471. The van der Waals surface area contributed by atoms with Crippen LogP contribution in [0.4, 0.5) is 0 Å². The zero-order valence-electron chi connectivity index (χ0n) is 13.2. The highest BCUT2D eigenvalue weighted by Gasteiger charge is 2.19. The first-order valence-corrected chi connectivity index (χ1v) is 8.79. The van der Waals surface area contributed by atoms with Gasteiger partial charge in [-0.1, -0.05) is 0 Å². The third-order valence-electron chi connectivity index (χ3n) is 3.94. The average Bonchev–Trinajstić information content (AvgIpc) is 3.21. The normalized spacial score (nSPS) is 17.3. The maximum atomic E-state index is 12.3. The first-order chi connectivity index (χ1) is 11.2. The van der Waals surface area contributed by atoms with E-state index >= 15 is 0 Å². The van der Waals surface area contributed by atoms with Crippen LogP contribution in [0.3, 0.4) is 0 Å². The van der Waals surface area contributed by atoms with Crippen LogP contribution in [0.2, 0.25) is 0 Å². The molecular formula is C17H21N3O2S. The predicted octanol–water partition coefficient (Wildman–Crippen LogP) is 2.54. The van der Waals surface area contributed by atoms with E-state index in [1.165, 1.54) is 16.9 Å². The molecule has 1 fully saturated rings. The van der Waals surface area contributed by atoms with Crippen molar-refractivity contribution in [2.75, 3.05) is 13.2 Å². The van der Waals surface area contributed by atoms with Crippen LogP contribution >= 0.6 is 11.3 Å². The van der Waals surface area contributed by atoms with Crippen LogP contribution in [0.15, 0.2) is 24.5 Å². The van der Waals surface area contributed by atoms with Gasteiger partial charge in [-0.15, -0.1) is 11.3 Å². The molecule has 5 nitrogen and oxygen atoms in total. The maximum Gasteiger partial charge on any atom is 0.263 e. The highest BCUT2D eigenvalue weighted by molar-refractivity contribution is 7.13. The van der Waals surface area contributed by atoms with Crippen molar-refractivity contribution in [3.05, 3.63) is 45.7 Å². The molecule has 23 heavy (non-hydrogen) atoms. The summed E-state index contributed by atoms with van der Waals surface area (Å²) in [5.74, 6) is -0.0364. The van der Waals surface area contributed by atoms with Gasteiger partial charge in [0.15, 0.2) is 0 Å². The minimum atomic E-state index is -0.0364. The lowest BCUT2D eigenvalue weighted by molar-refractivity contribution is 0.0860. The number of pyridine rings is 1. The third-order valence-corrected chi connectivity index (χ3v) is 5.15. The van der Waals surface area contributed by atoms with E-state index in [1.807, 2.05) is 19.1 Å². The molecule has 0 bridgehead atoms. The quantitative estimate of drug-likeness (QED) is 0.883. The summed E-state index contributed by atoms with van der Waals surface area (Å²) in [5.41, 5.74) is 2.04. The van der Waals surface area contributed by atoms with Gasteiger partial charge in [0.2, 0.25) is 0 Å². The number of ether oxygens (including phenoxy) is 1. The maximum absolute atomic E-state index is 12.3. The number of hydrogen-bond acceptors (Lipinski definition) is 5. The number of hydrogen-bond donors (Lipinski definition) is 1. The van der Waals surface area contributed by atoms with E-state index in [4.69, 9.17) is 4.74 Å². The fourth-order valence-electron chi connectivity index (χ4n) is 2.66. The van der Waals surface area contributed by atoms with Crippen molar-refractivity contribution in [2.24, 2.45) is 0 Å². The van der Waals surface area contributed by atoms with E-state index < -0.39 is 0 Å². The smallest absolute Gasteiger partial charge is 0.263 e. The van der Waals surface area contributed by atoms with Crippen LogP contribution in [0.25, 0.3) is 0 Å². The van der Waals surface area contributed by atoms with E-state index in [1.54, 1.807) is 12.4 Å². The Bertz CT molecular complexity index is 651.